The van der Waals surface area contributed by atoms with Gasteiger partial charge in [-0.05, 0) is 5.56 Å². The molecule has 0 bridgehead atoms. The van der Waals surface area contributed by atoms with Gasteiger partial charge in [-0.25, -0.2) is 0 Å². The van der Waals surface area contributed by atoms with Crippen LogP contribution in [0.3, 0.4) is 0 Å². The molecule has 0 fully saturated rings. The van der Waals surface area contributed by atoms with Crippen molar-refractivity contribution in [3.63, 3.8) is 0 Å². The first-order valence-electron chi connectivity index (χ1n) is 5.22. The minimum Gasteiger partial charge on any atom is -0.346 e. The highest BCUT2D eigenvalue weighted by Crippen LogP contribution is 1.99. The number of hydrogen-bond acceptors (Lipinski definition) is 4. The third-order valence-corrected chi connectivity index (χ3v) is 2.29. The molecule has 86 valence electrons. The Bertz CT molecular complexity index is 492. The molecule has 0 aromatic heterocycles. The number of nitrogens with one attached hydrogen (secondary N) is 1. The maximum Gasteiger partial charge on any atom is 0.275 e. The lowest BCUT2D eigenvalue weighted by Gasteiger charge is -2.07. The maximum atomic E-state index is 11.6. The van der Waals surface area contributed by atoms with E-state index in [1.807, 2.05) is 30.3 Å². The average Bonchev–Trinajstić information content (AvgIpc) is 2.38. The molecule has 5 heteroatoms. The summed E-state index contributed by atoms with van der Waals surface area (Å²) in [7, 11) is 0. The molecule has 1 heterocycles. The van der Waals surface area contributed by atoms with Crippen molar-refractivity contribution in [3.8, 4) is 0 Å². The first kappa shape index (κ1) is 11.2. The molecule has 0 aliphatic carbocycles. The van der Waals surface area contributed by atoms with Crippen LogP contribution in [0.5, 0.6) is 0 Å². The third kappa shape index (κ3) is 2.84. The zero-order valence-corrected chi connectivity index (χ0v) is 9.09. The van der Waals surface area contributed by atoms with Gasteiger partial charge in [0.1, 0.15) is 0 Å². The monoisotopic (exact) mass is 229 g/mol. The van der Waals surface area contributed by atoms with Gasteiger partial charge >= 0.3 is 0 Å². The number of amides is 1. The summed E-state index contributed by atoms with van der Waals surface area (Å²) < 4.78 is 0. The van der Waals surface area contributed by atoms with Crippen LogP contribution < -0.4 is 5.32 Å². The highest BCUT2D eigenvalue weighted by molar-refractivity contribution is 6.66. The molecule has 0 unspecified atom stereocenters. The Morgan fingerprint density at radius 3 is 2.76 bits per heavy atom. The van der Waals surface area contributed by atoms with Gasteiger partial charge in [-0.1, -0.05) is 30.3 Å². The Morgan fingerprint density at radius 2 is 2.06 bits per heavy atom. The van der Waals surface area contributed by atoms with Gasteiger partial charge in [0.05, 0.1) is 6.42 Å². The predicted octanol–water partition coefficient (Wildman–Crippen LogP) is 0.702. The maximum absolute atomic E-state index is 11.6. The van der Waals surface area contributed by atoms with Crippen molar-refractivity contribution >= 4 is 23.6 Å². The smallest absolute Gasteiger partial charge is 0.275 e. The van der Waals surface area contributed by atoms with Crippen molar-refractivity contribution in [1.82, 2.24) is 5.32 Å². The summed E-state index contributed by atoms with van der Waals surface area (Å²) in [5, 5.41) is 9.75. The molecule has 1 aromatic carbocycles. The lowest BCUT2D eigenvalue weighted by Crippen LogP contribution is -2.36. The normalized spacial score (nSPS) is 14.4. The number of carbonyl (C=O) groups excluding carboxylic acids is 2. The van der Waals surface area contributed by atoms with Crippen molar-refractivity contribution in [1.29, 1.82) is 0 Å². The second-order valence-electron chi connectivity index (χ2n) is 3.54. The molecule has 0 atom stereocenters. The van der Waals surface area contributed by atoms with E-state index in [4.69, 9.17) is 0 Å². The van der Waals surface area contributed by atoms with E-state index in [-0.39, 0.29) is 17.9 Å². The van der Waals surface area contributed by atoms with E-state index >= 15 is 0 Å². The van der Waals surface area contributed by atoms with Crippen molar-refractivity contribution in [2.75, 3.05) is 0 Å². The number of ketones is 1. The van der Waals surface area contributed by atoms with Gasteiger partial charge in [-0.3, -0.25) is 9.59 Å². The van der Waals surface area contributed by atoms with E-state index in [1.54, 1.807) is 0 Å². The SMILES string of the molecule is O=C1CC=NN=C1C(=O)NCc1ccccc1. The topological polar surface area (TPSA) is 70.9 Å². The number of rotatable bonds is 3. The minimum atomic E-state index is -0.476. The Balaban J connectivity index is 1.96. The molecule has 5 nitrogen and oxygen atoms in total. The molecule has 0 spiro atoms. The summed E-state index contributed by atoms with van der Waals surface area (Å²) in [6, 6.07) is 9.45. The Hall–Kier alpha value is -2.30. The van der Waals surface area contributed by atoms with Gasteiger partial charge in [0.2, 0.25) is 0 Å². The lowest BCUT2D eigenvalue weighted by molar-refractivity contribution is -0.117. The van der Waals surface area contributed by atoms with Crippen LogP contribution in [0.25, 0.3) is 0 Å². The summed E-state index contributed by atoms with van der Waals surface area (Å²) in [6.45, 7) is 0.371. The molecule has 0 radical (unpaired) electrons. The van der Waals surface area contributed by atoms with Gasteiger partial charge in [0.25, 0.3) is 5.91 Å². The Kier molecular flexibility index (Phi) is 3.40. The minimum absolute atomic E-state index is 0.122. The van der Waals surface area contributed by atoms with Crippen LogP contribution in [-0.2, 0) is 16.1 Å². The van der Waals surface area contributed by atoms with Gasteiger partial charge in [0.15, 0.2) is 11.5 Å². The van der Waals surface area contributed by atoms with Crippen LogP contribution >= 0.6 is 0 Å². The first-order chi connectivity index (χ1) is 8.27. The molecule has 1 aromatic rings. The molecular weight excluding hydrogens is 218 g/mol. The number of Topliss-reactive ketones (excluding diaryl/α,β-unsaturated/α-hetero) is 1. The van der Waals surface area contributed by atoms with E-state index in [0.717, 1.165) is 5.56 Å². The fourth-order valence-corrected chi connectivity index (χ4v) is 1.41. The Morgan fingerprint density at radius 1 is 1.29 bits per heavy atom. The van der Waals surface area contributed by atoms with Crippen LogP contribution in [0.4, 0.5) is 0 Å². The van der Waals surface area contributed by atoms with Crippen LogP contribution in [0, 0.1) is 0 Å². The number of carbonyl (C=O) groups is 2. The fraction of sp³-hybridized carbons (Fsp3) is 0.167. The van der Waals surface area contributed by atoms with Gasteiger partial charge in [-0.15, -0.1) is 5.10 Å². The molecule has 1 N–H and O–H groups in total. The van der Waals surface area contributed by atoms with Crippen LogP contribution in [-0.4, -0.2) is 23.6 Å². The summed E-state index contributed by atoms with van der Waals surface area (Å²) in [6.07, 6.45) is 1.52. The molecular formula is C12H11N3O2. The van der Waals surface area contributed by atoms with Crippen molar-refractivity contribution in [3.05, 3.63) is 35.9 Å². The lowest BCUT2D eigenvalue weighted by atomic mass is 10.1. The summed E-state index contributed by atoms with van der Waals surface area (Å²) in [5.41, 5.74) is 0.844. The third-order valence-electron chi connectivity index (χ3n) is 2.29. The molecule has 1 aliphatic heterocycles. The highest BCUT2D eigenvalue weighted by atomic mass is 16.2. The Labute approximate surface area is 98.2 Å². The molecule has 1 amide bonds. The van der Waals surface area contributed by atoms with E-state index in [0.29, 0.717) is 6.54 Å². The number of hydrogen-bond donors (Lipinski definition) is 1. The fourth-order valence-electron chi connectivity index (χ4n) is 1.41. The van der Waals surface area contributed by atoms with Crippen molar-refractivity contribution < 1.29 is 9.59 Å². The van der Waals surface area contributed by atoms with Gasteiger partial charge in [0, 0.05) is 12.8 Å². The predicted molar refractivity (Wildman–Crippen MR) is 63.8 cm³/mol. The summed E-state index contributed by atoms with van der Waals surface area (Å²) in [4.78, 5) is 23.0. The van der Waals surface area contributed by atoms with Crippen LogP contribution in [0.2, 0.25) is 0 Å². The summed E-state index contributed by atoms with van der Waals surface area (Å²) >= 11 is 0. The van der Waals surface area contributed by atoms with E-state index in [9.17, 15) is 9.59 Å². The highest BCUT2D eigenvalue weighted by Gasteiger charge is 2.21. The van der Waals surface area contributed by atoms with E-state index in [1.165, 1.54) is 6.21 Å². The first-order valence-corrected chi connectivity index (χ1v) is 5.22. The zero-order chi connectivity index (χ0) is 12.1. The quantitative estimate of drug-likeness (QED) is 0.828. The number of benzene rings is 1. The molecule has 0 saturated heterocycles. The second kappa shape index (κ2) is 5.16. The average molecular weight is 229 g/mol. The van der Waals surface area contributed by atoms with E-state index < -0.39 is 5.91 Å². The standard InChI is InChI=1S/C12H11N3O2/c16-10-6-7-14-15-11(10)12(17)13-8-9-4-2-1-3-5-9/h1-5,7H,6,8H2,(H,13,17). The van der Waals surface area contributed by atoms with Crippen molar-refractivity contribution in [2.24, 2.45) is 10.2 Å². The summed E-state index contributed by atoms with van der Waals surface area (Å²) in [5.74, 6) is -0.777. The molecule has 0 saturated carbocycles. The zero-order valence-electron chi connectivity index (χ0n) is 9.09. The second-order valence-corrected chi connectivity index (χ2v) is 3.54. The molecule has 2 rings (SSSR count). The molecule has 1 aliphatic rings. The van der Waals surface area contributed by atoms with E-state index in [2.05, 4.69) is 15.5 Å². The van der Waals surface area contributed by atoms with Crippen LogP contribution in [0.15, 0.2) is 40.5 Å². The molecule has 17 heavy (non-hydrogen) atoms. The largest absolute Gasteiger partial charge is 0.346 e. The van der Waals surface area contributed by atoms with Crippen LogP contribution in [0.1, 0.15) is 12.0 Å². The van der Waals surface area contributed by atoms with Gasteiger partial charge < -0.3 is 5.32 Å². The van der Waals surface area contributed by atoms with Gasteiger partial charge in [-0.2, -0.15) is 5.10 Å². The van der Waals surface area contributed by atoms with Crippen molar-refractivity contribution in [2.45, 2.75) is 13.0 Å². The number of nitrogens with zero attached hydrogens (tertiary/aromatic N) is 2.